The van der Waals surface area contributed by atoms with E-state index in [1.165, 1.54) is 20.0 Å². The topological polar surface area (TPSA) is 35.5 Å². The summed E-state index contributed by atoms with van der Waals surface area (Å²) in [6, 6.07) is 3.63. The summed E-state index contributed by atoms with van der Waals surface area (Å²) in [6.07, 6.45) is 10.4. The molecule has 4 heteroatoms. The van der Waals surface area contributed by atoms with Gasteiger partial charge in [0.25, 0.3) is 0 Å². The third-order valence-electron chi connectivity index (χ3n) is 4.41. The third-order valence-corrected chi connectivity index (χ3v) is 4.41. The number of carbonyl (C=O) groups is 1. The highest BCUT2D eigenvalue weighted by Crippen LogP contribution is 2.22. The van der Waals surface area contributed by atoms with Gasteiger partial charge in [0.15, 0.2) is 0 Å². The molecule has 0 N–H and O–H groups in total. The summed E-state index contributed by atoms with van der Waals surface area (Å²) < 4.78 is 14.8. The fourth-order valence-corrected chi connectivity index (χ4v) is 3.06. The summed E-state index contributed by atoms with van der Waals surface area (Å²) in [5.41, 5.74) is 2.26. The van der Waals surface area contributed by atoms with Crippen LogP contribution in [0.2, 0.25) is 0 Å². The van der Waals surface area contributed by atoms with E-state index in [9.17, 15) is 9.18 Å². The molecule has 1 aromatic rings. The van der Waals surface area contributed by atoms with Crippen LogP contribution in [0.25, 0.3) is 0 Å². The molecular weight excluding hydrogens is 319 g/mol. The number of unbranched alkanes of at least 4 members (excludes halogenated alkanes) is 6. The summed E-state index contributed by atoms with van der Waals surface area (Å²) in [4.78, 5) is 20.6. The molecule has 0 aliphatic carbocycles. The molecule has 1 aromatic carbocycles. The van der Waals surface area contributed by atoms with Crippen molar-refractivity contribution < 1.29 is 19.0 Å². The van der Waals surface area contributed by atoms with Crippen LogP contribution in [0.5, 0.6) is 0 Å². The Bertz CT molecular complexity index is 481. The van der Waals surface area contributed by atoms with E-state index in [-0.39, 0.29) is 12.2 Å². The molecule has 1 rings (SSSR count). The van der Waals surface area contributed by atoms with Crippen LogP contribution in [-0.2, 0) is 33.8 Å². The molecule has 25 heavy (non-hydrogen) atoms. The molecule has 0 aliphatic rings. The minimum atomic E-state index is -0.456. The van der Waals surface area contributed by atoms with Crippen molar-refractivity contribution >= 4 is 5.97 Å². The predicted octanol–water partition coefficient (Wildman–Crippen LogP) is 5.72. The summed E-state index contributed by atoms with van der Waals surface area (Å²) in [5.74, 6) is -0.542. The van der Waals surface area contributed by atoms with E-state index in [2.05, 4.69) is 23.6 Å². The second-order valence-electron chi connectivity index (χ2n) is 6.65. The van der Waals surface area contributed by atoms with E-state index in [0.717, 1.165) is 68.1 Å². The molecule has 0 amide bonds. The Hall–Kier alpha value is -1.42. The largest absolute Gasteiger partial charge is 0.346 e. The van der Waals surface area contributed by atoms with Gasteiger partial charge in [-0.25, -0.2) is 9.18 Å². The van der Waals surface area contributed by atoms with Gasteiger partial charge in [-0.1, -0.05) is 64.5 Å². The van der Waals surface area contributed by atoms with Crippen molar-refractivity contribution in [3.8, 4) is 0 Å². The van der Waals surface area contributed by atoms with Gasteiger partial charge in [0.1, 0.15) is 5.82 Å². The lowest BCUT2D eigenvalue weighted by molar-refractivity contribution is -0.254. The highest BCUT2D eigenvalue weighted by molar-refractivity contribution is 5.72. The molecule has 0 saturated carbocycles. The number of hydrogen-bond acceptors (Lipinski definition) is 3. The summed E-state index contributed by atoms with van der Waals surface area (Å²) >= 11 is 0. The first-order chi connectivity index (χ1) is 12.1. The first kappa shape index (κ1) is 21.6. The van der Waals surface area contributed by atoms with Crippen molar-refractivity contribution in [2.45, 2.75) is 84.5 Å². The number of hydrogen-bond donors (Lipinski definition) is 0. The maximum Gasteiger partial charge on any atom is 0.346 e. The van der Waals surface area contributed by atoms with Crippen molar-refractivity contribution in [3.05, 3.63) is 34.6 Å². The lowest BCUT2D eigenvalue weighted by atomic mass is 9.95. The van der Waals surface area contributed by atoms with Gasteiger partial charge in [0, 0.05) is 0 Å². The van der Waals surface area contributed by atoms with Crippen LogP contribution in [0.1, 0.15) is 81.9 Å². The van der Waals surface area contributed by atoms with E-state index in [1.807, 2.05) is 12.1 Å². The van der Waals surface area contributed by atoms with Crippen LogP contribution >= 0.6 is 0 Å². The number of carbonyl (C=O) groups excluding carboxylic acids is 1. The van der Waals surface area contributed by atoms with E-state index >= 15 is 0 Å². The zero-order valence-corrected chi connectivity index (χ0v) is 16.0. The first-order valence-corrected chi connectivity index (χ1v) is 9.66. The zero-order valence-electron chi connectivity index (χ0n) is 16.0. The van der Waals surface area contributed by atoms with Crippen LogP contribution in [0.4, 0.5) is 4.39 Å². The first-order valence-electron chi connectivity index (χ1n) is 9.66. The molecule has 0 aromatic heterocycles. The molecule has 142 valence electrons. The number of aryl methyl sites for hydroxylation is 2. The van der Waals surface area contributed by atoms with Gasteiger partial charge >= 0.3 is 5.97 Å². The van der Waals surface area contributed by atoms with Gasteiger partial charge in [0.2, 0.25) is 0 Å². The Morgan fingerprint density at radius 1 is 0.920 bits per heavy atom. The average Bonchev–Trinajstić information content (AvgIpc) is 2.59. The highest BCUT2D eigenvalue weighted by atomic mass is 19.1. The van der Waals surface area contributed by atoms with Crippen molar-refractivity contribution in [2.75, 3.05) is 7.11 Å². The second-order valence-corrected chi connectivity index (χ2v) is 6.65. The van der Waals surface area contributed by atoms with Gasteiger partial charge in [-0.05, 0) is 42.4 Å². The lowest BCUT2D eigenvalue weighted by Crippen LogP contribution is -2.09. The monoisotopic (exact) mass is 352 g/mol. The molecule has 0 fully saturated rings. The maximum absolute atomic E-state index is 14.8. The molecule has 0 saturated heterocycles. The predicted molar refractivity (Wildman–Crippen MR) is 98.9 cm³/mol. The highest BCUT2D eigenvalue weighted by Gasteiger charge is 2.14. The molecule has 0 aliphatic heterocycles. The fourth-order valence-electron chi connectivity index (χ4n) is 3.06. The maximum atomic E-state index is 14.8. The minimum Gasteiger partial charge on any atom is -0.298 e. The fraction of sp³-hybridized carbons (Fsp3) is 0.667. The SMILES string of the molecule is CCCCCCc1cc(CC(=O)OOC)cc(CCCCCC)c1F. The Morgan fingerprint density at radius 3 is 1.88 bits per heavy atom. The number of benzene rings is 1. The van der Waals surface area contributed by atoms with E-state index in [4.69, 9.17) is 0 Å². The average molecular weight is 352 g/mol. The Labute approximate surface area is 151 Å². The Morgan fingerprint density at radius 2 is 1.44 bits per heavy atom. The zero-order chi connectivity index (χ0) is 18.5. The number of rotatable bonds is 13. The van der Waals surface area contributed by atoms with Crippen LogP contribution < -0.4 is 0 Å². The molecule has 0 radical (unpaired) electrons. The van der Waals surface area contributed by atoms with Crippen molar-refractivity contribution in [2.24, 2.45) is 0 Å². The lowest BCUT2D eigenvalue weighted by Gasteiger charge is -2.12. The van der Waals surface area contributed by atoms with E-state index < -0.39 is 5.97 Å². The molecule has 3 nitrogen and oxygen atoms in total. The van der Waals surface area contributed by atoms with Crippen molar-refractivity contribution in [1.82, 2.24) is 0 Å². The summed E-state index contributed by atoms with van der Waals surface area (Å²) in [5, 5.41) is 0. The molecule has 0 spiro atoms. The van der Waals surface area contributed by atoms with Crippen molar-refractivity contribution in [3.63, 3.8) is 0 Å². The second kappa shape index (κ2) is 12.9. The minimum absolute atomic E-state index is 0.0862. The van der Waals surface area contributed by atoms with E-state index in [0.29, 0.717) is 0 Å². The molecular formula is C21H33FO3. The van der Waals surface area contributed by atoms with Gasteiger partial charge in [-0.2, -0.15) is 4.89 Å². The van der Waals surface area contributed by atoms with Crippen molar-refractivity contribution in [1.29, 1.82) is 0 Å². The summed E-state index contributed by atoms with van der Waals surface area (Å²) in [7, 11) is 1.31. The van der Waals surface area contributed by atoms with Crippen LogP contribution in [0.3, 0.4) is 0 Å². The molecule has 0 unspecified atom stereocenters. The standard InChI is InChI=1S/C21H33FO3/c1-4-6-8-10-12-18-14-17(16-20(23)25-24-3)15-19(21(18)22)13-11-9-7-5-2/h14-15H,4-13,16H2,1-3H3. The van der Waals surface area contributed by atoms with E-state index in [1.54, 1.807) is 0 Å². The van der Waals surface area contributed by atoms with Gasteiger partial charge < -0.3 is 0 Å². The Balaban J connectivity index is 2.85. The molecule has 0 atom stereocenters. The Kier molecular flexibility index (Phi) is 11.1. The quantitative estimate of drug-likeness (QED) is 0.259. The smallest absolute Gasteiger partial charge is 0.298 e. The van der Waals surface area contributed by atoms with Gasteiger partial charge in [-0.3, -0.25) is 4.89 Å². The van der Waals surface area contributed by atoms with Crippen LogP contribution in [0.15, 0.2) is 12.1 Å². The van der Waals surface area contributed by atoms with Crippen LogP contribution in [0, 0.1) is 5.82 Å². The third kappa shape index (κ3) is 8.48. The van der Waals surface area contributed by atoms with Crippen LogP contribution in [-0.4, -0.2) is 13.1 Å². The van der Waals surface area contributed by atoms with Gasteiger partial charge in [-0.15, -0.1) is 0 Å². The molecule has 0 bridgehead atoms. The summed E-state index contributed by atoms with van der Waals surface area (Å²) in [6.45, 7) is 4.33. The normalized spacial score (nSPS) is 10.9. The van der Waals surface area contributed by atoms with Gasteiger partial charge in [0.05, 0.1) is 13.5 Å². The molecule has 0 heterocycles. The number of halogens is 1.